The van der Waals surface area contributed by atoms with Gasteiger partial charge in [-0.25, -0.2) is 4.98 Å². The van der Waals surface area contributed by atoms with Crippen LogP contribution in [0.1, 0.15) is 23.3 Å². The highest BCUT2D eigenvalue weighted by Crippen LogP contribution is 2.24. The van der Waals surface area contributed by atoms with Crippen LogP contribution >= 0.6 is 0 Å². The van der Waals surface area contributed by atoms with Crippen LogP contribution in [-0.2, 0) is 11.8 Å². The normalized spacial score (nSPS) is 26.2. The van der Waals surface area contributed by atoms with Gasteiger partial charge in [0, 0.05) is 64.1 Å². The highest BCUT2D eigenvalue weighted by atomic mass is 16.5. The van der Waals surface area contributed by atoms with E-state index < -0.39 is 0 Å². The molecule has 0 saturated carbocycles. The third kappa shape index (κ3) is 4.15. The van der Waals surface area contributed by atoms with Gasteiger partial charge in [-0.1, -0.05) is 0 Å². The largest absolute Gasteiger partial charge is 0.381 e. The number of nitrogens with zero attached hydrogens (tertiary/aromatic N) is 4. The molecule has 2 aliphatic heterocycles. The van der Waals surface area contributed by atoms with Gasteiger partial charge >= 0.3 is 0 Å². The third-order valence-electron chi connectivity index (χ3n) is 5.03. The Morgan fingerprint density at radius 1 is 1.38 bits per heavy atom. The predicted molar refractivity (Wildman–Crippen MR) is 91.9 cm³/mol. The van der Waals surface area contributed by atoms with E-state index >= 15 is 0 Å². The molecular weight excluding hydrogens is 306 g/mol. The first-order chi connectivity index (χ1) is 11.5. The third-order valence-corrected chi connectivity index (χ3v) is 5.03. The van der Waals surface area contributed by atoms with E-state index in [0.29, 0.717) is 17.7 Å². The zero-order chi connectivity index (χ0) is 17.1. The maximum Gasteiger partial charge on any atom is 0.271 e. The molecule has 2 fully saturated rings. The summed E-state index contributed by atoms with van der Waals surface area (Å²) >= 11 is 0. The Labute approximate surface area is 144 Å². The molecule has 0 unspecified atom stereocenters. The number of likely N-dealkylation sites (tertiary alicyclic amines) is 1. The molecule has 2 aliphatic rings. The molecule has 1 aromatic rings. The van der Waals surface area contributed by atoms with Crippen LogP contribution < -0.4 is 5.32 Å². The molecule has 1 N–H and O–H groups in total. The molecule has 7 heteroatoms. The summed E-state index contributed by atoms with van der Waals surface area (Å²) in [5, 5.41) is 3.22. The Kier molecular flexibility index (Phi) is 5.53. The number of ether oxygens (including phenoxy) is 1. The van der Waals surface area contributed by atoms with Gasteiger partial charge in [0.2, 0.25) is 0 Å². The van der Waals surface area contributed by atoms with Crippen molar-refractivity contribution >= 4 is 5.91 Å². The second kappa shape index (κ2) is 7.63. The van der Waals surface area contributed by atoms with E-state index in [-0.39, 0.29) is 11.9 Å². The second-order valence-corrected chi connectivity index (χ2v) is 7.32. The molecule has 1 amide bonds. The Hall–Kier alpha value is -1.44. The summed E-state index contributed by atoms with van der Waals surface area (Å²) in [5.41, 5.74) is 0.491. The summed E-state index contributed by atoms with van der Waals surface area (Å²) in [7, 11) is 6.06. The smallest absolute Gasteiger partial charge is 0.271 e. The lowest BCUT2D eigenvalue weighted by atomic mass is 10.0. The summed E-state index contributed by atoms with van der Waals surface area (Å²) in [6.45, 7) is 4.64. The van der Waals surface area contributed by atoms with Crippen molar-refractivity contribution in [3.8, 4) is 0 Å². The van der Waals surface area contributed by atoms with Gasteiger partial charge in [-0.2, -0.15) is 0 Å². The maximum atomic E-state index is 12.5. The maximum absolute atomic E-state index is 12.5. The number of aryl methyl sites for hydroxylation is 1. The number of hydrogen-bond acceptors (Lipinski definition) is 5. The van der Waals surface area contributed by atoms with Gasteiger partial charge in [0.1, 0.15) is 5.69 Å². The van der Waals surface area contributed by atoms with Crippen molar-refractivity contribution in [2.24, 2.45) is 13.0 Å². The van der Waals surface area contributed by atoms with E-state index in [0.717, 1.165) is 45.7 Å². The lowest BCUT2D eigenvalue weighted by Crippen LogP contribution is -2.44. The van der Waals surface area contributed by atoms with Crippen molar-refractivity contribution in [1.29, 1.82) is 0 Å². The molecule has 7 nitrogen and oxygen atoms in total. The Morgan fingerprint density at radius 2 is 2.12 bits per heavy atom. The fourth-order valence-electron chi connectivity index (χ4n) is 3.84. The molecule has 2 atom stereocenters. The zero-order valence-electron chi connectivity index (χ0n) is 14.9. The van der Waals surface area contributed by atoms with E-state index in [1.807, 2.05) is 7.05 Å². The number of imidazole rings is 1. The van der Waals surface area contributed by atoms with Crippen LogP contribution in [-0.4, -0.2) is 84.3 Å². The average Bonchev–Trinajstić information content (AvgIpc) is 3.15. The van der Waals surface area contributed by atoms with Crippen LogP contribution in [0.15, 0.2) is 12.5 Å². The molecule has 0 spiro atoms. The minimum Gasteiger partial charge on any atom is -0.381 e. The van der Waals surface area contributed by atoms with Crippen molar-refractivity contribution < 1.29 is 9.53 Å². The first-order valence-electron chi connectivity index (χ1n) is 8.78. The van der Waals surface area contributed by atoms with Crippen molar-refractivity contribution in [2.45, 2.75) is 24.9 Å². The van der Waals surface area contributed by atoms with Crippen LogP contribution in [0.3, 0.4) is 0 Å². The molecule has 0 aliphatic carbocycles. The molecule has 0 aromatic carbocycles. The minimum atomic E-state index is -0.0711. The molecular formula is C17H29N5O2. The topological polar surface area (TPSA) is 62.6 Å². The fourth-order valence-corrected chi connectivity index (χ4v) is 3.84. The van der Waals surface area contributed by atoms with E-state index in [1.165, 1.54) is 0 Å². The average molecular weight is 335 g/mol. The molecule has 0 radical (unpaired) electrons. The van der Waals surface area contributed by atoms with Crippen molar-refractivity contribution in [3.05, 3.63) is 18.2 Å². The first-order valence-corrected chi connectivity index (χ1v) is 8.78. The molecule has 3 rings (SSSR count). The van der Waals surface area contributed by atoms with E-state index in [9.17, 15) is 4.79 Å². The summed E-state index contributed by atoms with van der Waals surface area (Å²) in [6, 6.07) is 0.755. The molecule has 1 aromatic heterocycles. The number of carbonyl (C=O) groups is 1. The zero-order valence-corrected chi connectivity index (χ0v) is 14.9. The van der Waals surface area contributed by atoms with Crippen molar-refractivity contribution in [1.82, 2.24) is 24.7 Å². The van der Waals surface area contributed by atoms with Gasteiger partial charge in [-0.3, -0.25) is 9.69 Å². The van der Waals surface area contributed by atoms with E-state index in [2.05, 4.69) is 34.2 Å². The quantitative estimate of drug-likeness (QED) is 0.832. The predicted octanol–water partition coefficient (Wildman–Crippen LogP) is 0.191. The van der Waals surface area contributed by atoms with Gasteiger partial charge in [0.15, 0.2) is 0 Å². The lowest BCUT2D eigenvalue weighted by molar-refractivity contribution is 0.0403. The van der Waals surface area contributed by atoms with Gasteiger partial charge in [-0.05, 0) is 26.9 Å². The number of rotatable bonds is 5. The number of hydrogen-bond donors (Lipinski definition) is 1. The molecule has 134 valence electrons. The first kappa shape index (κ1) is 17.4. The number of aromatic nitrogens is 2. The van der Waals surface area contributed by atoms with Gasteiger partial charge < -0.3 is 19.5 Å². The molecule has 3 heterocycles. The second-order valence-electron chi connectivity index (χ2n) is 7.32. The Balaban J connectivity index is 1.65. The number of carbonyl (C=O) groups excluding carboxylic acids is 1. The van der Waals surface area contributed by atoms with Crippen molar-refractivity contribution in [3.63, 3.8) is 0 Å². The minimum absolute atomic E-state index is 0.0711. The SMILES string of the molecule is CN(C)C[C@@H]1CN(C2CCOCC2)C[C@H]1NC(=O)c1cn(C)cn1. The molecule has 24 heavy (non-hydrogen) atoms. The summed E-state index contributed by atoms with van der Waals surface area (Å²) in [6.07, 6.45) is 5.61. The monoisotopic (exact) mass is 335 g/mol. The van der Waals surface area contributed by atoms with Gasteiger partial charge in [0.05, 0.1) is 6.33 Å². The Morgan fingerprint density at radius 3 is 2.75 bits per heavy atom. The van der Waals surface area contributed by atoms with Crippen LogP contribution in [0.25, 0.3) is 0 Å². The summed E-state index contributed by atoms with van der Waals surface area (Å²) in [4.78, 5) is 21.4. The summed E-state index contributed by atoms with van der Waals surface area (Å²) < 4.78 is 7.29. The molecule has 0 bridgehead atoms. The van der Waals surface area contributed by atoms with E-state index in [4.69, 9.17) is 4.74 Å². The van der Waals surface area contributed by atoms with Crippen LogP contribution in [0.5, 0.6) is 0 Å². The van der Waals surface area contributed by atoms with Gasteiger partial charge in [-0.15, -0.1) is 0 Å². The molecule has 2 saturated heterocycles. The van der Waals surface area contributed by atoms with E-state index in [1.54, 1.807) is 17.1 Å². The number of nitrogens with one attached hydrogen (secondary N) is 1. The lowest BCUT2D eigenvalue weighted by Gasteiger charge is -2.31. The van der Waals surface area contributed by atoms with Crippen LogP contribution in [0.4, 0.5) is 0 Å². The van der Waals surface area contributed by atoms with Crippen LogP contribution in [0, 0.1) is 5.92 Å². The van der Waals surface area contributed by atoms with Crippen LogP contribution in [0.2, 0.25) is 0 Å². The summed E-state index contributed by atoms with van der Waals surface area (Å²) in [5.74, 6) is 0.369. The number of amides is 1. The fraction of sp³-hybridized carbons (Fsp3) is 0.765. The highest BCUT2D eigenvalue weighted by Gasteiger charge is 2.37. The van der Waals surface area contributed by atoms with Crippen molar-refractivity contribution in [2.75, 3.05) is 46.9 Å². The highest BCUT2D eigenvalue weighted by molar-refractivity contribution is 5.92. The Bertz CT molecular complexity index is 553. The standard InChI is InChI=1S/C17H29N5O2/c1-20(2)8-13-9-22(14-4-6-24-7-5-14)11-15(13)19-17(23)16-10-21(3)12-18-16/h10,12-15H,4-9,11H2,1-3H3,(H,19,23)/t13-,15-/m1/s1. The van der Waals surface area contributed by atoms with Gasteiger partial charge in [0.25, 0.3) is 5.91 Å².